The number of piperidine rings is 2. The summed E-state index contributed by atoms with van der Waals surface area (Å²) < 4.78 is 6.19. The molecule has 3 aliphatic rings. The molecule has 3 fully saturated rings. The normalized spacial score (nSPS) is 22.4. The highest BCUT2D eigenvalue weighted by Crippen LogP contribution is 2.38. The lowest BCUT2D eigenvalue weighted by molar-refractivity contribution is -0.0315. The van der Waals surface area contributed by atoms with Crippen LogP contribution in [0.3, 0.4) is 0 Å². The van der Waals surface area contributed by atoms with E-state index < -0.39 is 0 Å². The molecule has 31 heavy (non-hydrogen) atoms. The Bertz CT molecular complexity index is 1090. The number of hydrogen-bond acceptors (Lipinski definition) is 6. The summed E-state index contributed by atoms with van der Waals surface area (Å²) in [6.45, 7) is 2.59. The molecule has 2 bridgehead atoms. The lowest BCUT2D eigenvalue weighted by atomic mass is 9.77. The highest BCUT2D eigenvalue weighted by Gasteiger charge is 2.45. The highest BCUT2D eigenvalue weighted by molar-refractivity contribution is 6.30. The fourth-order valence-electron chi connectivity index (χ4n) is 4.55. The van der Waals surface area contributed by atoms with Crippen molar-refractivity contribution in [2.24, 2.45) is 5.92 Å². The molecule has 1 saturated carbocycles. The predicted octanol–water partition coefficient (Wildman–Crippen LogP) is 3.97. The largest absolute Gasteiger partial charge is 0.472 e. The van der Waals surface area contributed by atoms with Crippen molar-refractivity contribution in [1.29, 1.82) is 0 Å². The SMILES string of the molecule is Cc1ccc(-c2ncccn2)c(C(=O)N2C[C@@H]3CC[C@H]2[C@H](Oc2ccc(Cl)cn2)C3)n1. The minimum absolute atomic E-state index is 0.0261. The van der Waals surface area contributed by atoms with Crippen LogP contribution in [0, 0.1) is 12.8 Å². The number of hydrogen-bond donors (Lipinski definition) is 0. The summed E-state index contributed by atoms with van der Waals surface area (Å²) >= 11 is 5.94. The predicted molar refractivity (Wildman–Crippen MR) is 116 cm³/mol. The molecule has 0 N–H and O–H groups in total. The average Bonchev–Trinajstić information content (AvgIpc) is 2.81. The second kappa shape index (κ2) is 8.23. The van der Waals surface area contributed by atoms with Crippen LogP contribution in [0.15, 0.2) is 48.9 Å². The van der Waals surface area contributed by atoms with E-state index in [4.69, 9.17) is 16.3 Å². The molecule has 1 aliphatic carbocycles. The number of ether oxygens (including phenoxy) is 1. The Kier molecular flexibility index (Phi) is 5.28. The molecule has 5 heterocycles. The Morgan fingerprint density at radius 3 is 2.71 bits per heavy atom. The summed E-state index contributed by atoms with van der Waals surface area (Å²) in [5.41, 5.74) is 1.82. The Morgan fingerprint density at radius 1 is 1.13 bits per heavy atom. The molecule has 158 valence electrons. The Hall–Kier alpha value is -3.06. The van der Waals surface area contributed by atoms with E-state index >= 15 is 0 Å². The number of aromatic nitrogens is 4. The summed E-state index contributed by atoms with van der Waals surface area (Å²) in [6, 6.07) is 9.01. The first-order chi connectivity index (χ1) is 15.1. The number of pyridine rings is 2. The first-order valence-corrected chi connectivity index (χ1v) is 10.8. The van der Waals surface area contributed by atoms with E-state index in [1.165, 1.54) is 0 Å². The van der Waals surface area contributed by atoms with Gasteiger partial charge in [-0.15, -0.1) is 0 Å². The molecule has 0 radical (unpaired) electrons. The summed E-state index contributed by atoms with van der Waals surface area (Å²) in [5, 5.41) is 0.565. The van der Waals surface area contributed by atoms with Crippen molar-refractivity contribution in [3.05, 3.63) is 65.3 Å². The van der Waals surface area contributed by atoms with Gasteiger partial charge in [0.15, 0.2) is 5.82 Å². The van der Waals surface area contributed by atoms with Gasteiger partial charge in [-0.05, 0) is 56.4 Å². The van der Waals surface area contributed by atoms with Gasteiger partial charge in [-0.2, -0.15) is 0 Å². The number of halogens is 1. The van der Waals surface area contributed by atoms with Gasteiger partial charge in [0, 0.05) is 36.9 Å². The number of carbonyl (C=O) groups is 1. The van der Waals surface area contributed by atoms with Gasteiger partial charge in [0.25, 0.3) is 5.91 Å². The van der Waals surface area contributed by atoms with Crippen LogP contribution in [0.5, 0.6) is 5.88 Å². The number of nitrogens with zero attached hydrogens (tertiary/aromatic N) is 5. The lowest BCUT2D eigenvalue weighted by Gasteiger charge is -2.49. The quantitative estimate of drug-likeness (QED) is 0.616. The molecule has 3 aromatic heterocycles. The maximum Gasteiger partial charge on any atom is 0.273 e. The molecule has 1 amide bonds. The molecule has 2 saturated heterocycles. The smallest absolute Gasteiger partial charge is 0.273 e. The zero-order valence-corrected chi connectivity index (χ0v) is 17.9. The number of rotatable bonds is 4. The second-order valence-electron chi connectivity index (χ2n) is 8.10. The Labute approximate surface area is 185 Å². The van der Waals surface area contributed by atoms with Crippen LogP contribution in [-0.2, 0) is 0 Å². The second-order valence-corrected chi connectivity index (χ2v) is 8.53. The monoisotopic (exact) mass is 435 g/mol. The maximum absolute atomic E-state index is 13.7. The molecule has 3 aromatic rings. The molecule has 7 nitrogen and oxygen atoms in total. The summed E-state index contributed by atoms with van der Waals surface area (Å²) in [5.74, 6) is 1.32. The minimum atomic E-state index is -0.105. The third-order valence-corrected chi connectivity index (χ3v) is 6.22. The van der Waals surface area contributed by atoms with Crippen LogP contribution in [0.4, 0.5) is 0 Å². The number of amides is 1. The van der Waals surface area contributed by atoms with Gasteiger partial charge in [0.1, 0.15) is 11.8 Å². The minimum Gasteiger partial charge on any atom is -0.472 e. The van der Waals surface area contributed by atoms with Crippen LogP contribution < -0.4 is 4.74 Å². The Balaban J connectivity index is 1.44. The van der Waals surface area contributed by atoms with Crippen molar-refractivity contribution in [2.75, 3.05) is 6.54 Å². The molecule has 0 spiro atoms. The maximum atomic E-state index is 13.7. The van der Waals surface area contributed by atoms with E-state index in [0.717, 1.165) is 25.0 Å². The molecular formula is C23H22ClN5O2. The molecule has 6 rings (SSSR count). The lowest BCUT2D eigenvalue weighted by Crippen LogP contribution is -2.59. The van der Waals surface area contributed by atoms with Gasteiger partial charge in [-0.25, -0.2) is 19.9 Å². The van der Waals surface area contributed by atoms with Crippen LogP contribution in [0.1, 0.15) is 35.4 Å². The van der Waals surface area contributed by atoms with E-state index in [-0.39, 0.29) is 18.1 Å². The van der Waals surface area contributed by atoms with Crippen molar-refractivity contribution in [2.45, 2.75) is 38.3 Å². The van der Waals surface area contributed by atoms with Crippen LogP contribution in [0.25, 0.3) is 11.4 Å². The molecule has 8 heteroatoms. The summed E-state index contributed by atoms with van der Waals surface area (Å²) in [7, 11) is 0. The van der Waals surface area contributed by atoms with Crippen molar-refractivity contribution >= 4 is 17.5 Å². The fraction of sp³-hybridized carbons (Fsp3) is 0.348. The van der Waals surface area contributed by atoms with E-state index in [9.17, 15) is 4.79 Å². The van der Waals surface area contributed by atoms with Crippen molar-refractivity contribution in [3.63, 3.8) is 0 Å². The number of aryl methyl sites for hydroxylation is 1. The van der Waals surface area contributed by atoms with Crippen molar-refractivity contribution in [3.8, 4) is 17.3 Å². The van der Waals surface area contributed by atoms with E-state index in [1.54, 1.807) is 36.8 Å². The van der Waals surface area contributed by atoms with Gasteiger partial charge in [0.05, 0.1) is 16.6 Å². The highest BCUT2D eigenvalue weighted by atomic mass is 35.5. The summed E-state index contributed by atoms with van der Waals surface area (Å²) in [4.78, 5) is 33.1. The van der Waals surface area contributed by atoms with E-state index in [0.29, 0.717) is 40.4 Å². The first-order valence-electron chi connectivity index (χ1n) is 10.4. The Morgan fingerprint density at radius 2 is 1.97 bits per heavy atom. The number of fused-ring (bicyclic) bond motifs is 3. The van der Waals surface area contributed by atoms with Crippen LogP contribution in [0.2, 0.25) is 5.02 Å². The average molecular weight is 436 g/mol. The molecular weight excluding hydrogens is 414 g/mol. The van der Waals surface area contributed by atoms with Crippen LogP contribution >= 0.6 is 11.6 Å². The molecule has 3 atom stereocenters. The third-order valence-electron chi connectivity index (χ3n) is 6.00. The topological polar surface area (TPSA) is 81.1 Å². The van der Waals surface area contributed by atoms with Gasteiger partial charge >= 0.3 is 0 Å². The van der Waals surface area contributed by atoms with Gasteiger partial charge < -0.3 is 9.64 Å². The van der Waals surface area contributed by atoms with E-state index in [1.807, 2.05) is 24.0 Å². The standard InChI is InChI=1S/C23H22ClN5O2/c1-14-3-6-17(22-25-9-2-10-26-22)21(28-14)23(30)29-13-15-4-7-18(29)19(11-15)31-20-8-5-16(24)12-27-20/h2-3,5-6,8-10,12,15,18-19H,4,7,11,13H2,1H3/t15-,18+,19-/m1/s1. The van der Waals surface area contributed by atoms with Gasteiger partial charge in [0.2, 0.25) is 5.88 Å². The summed E-state index contributed by atoms with van der Waals surface area (Å²) in [6.07, 6.45) is 7.71. The fourth-order valence-corrected chi connectivity index (χ4v) is 4.67. The third kappa shape index (κ3) is 3.97. The van der Waals surface area contributed by atoms with Crippen molar-refractivity contribution in [1.82, 2.24) is 24.8 Å². The first kappa shape index (κ1) is 19.9. The molecule has 0 aromatic carbocycles. The number of carbonyl (C=O) groups excluding carboxylic acids is 1. The van der Waals surface area contributed by atoms with Gasteiger partial charge in [-0.3, -0.25) is 4.79 Å². The van der Waals surface area contributed by atoms with Crippen molar-refractivity contribution < 1.29 is 9.53 Å². The van der Waals surface area contributed by atoms with Gasteiger partial charge in [-0.1, -0.05) is 11.6 Å². The zero-order chi connectivity index (χ0) is 21.4. The molecule has 0 unspecified atom stereocenters. The van der Waals surface area contributed by atoms with Crippen LogP contribution in [-0.4, -0.2) is 49.4 Å². The zero-order valence-electron chi connectivity index (χ0n) is 17.1. The molecule has 2 aliphatic heterocycles. The van der Waals surface area contributed by atoms with E-state index in [2.05, 4.69) is 19.9 Å².